The third kappa shape index (κ3) is 1.85. The van der Waals surface area contributed by atoms with Crippen molar-refractivity contribution < 1.29 is 10.2 Å². The van der Waals surface area contributed by atoms with Crippen molar-refractivity contribution in [2.24, 2.45) is 34.5 Å². The average Bonchev–Trinajstić information content (AvgIpc) is 2.83. The third-order valence-corrected chi connectivity index (χ3v) is 9.21. The molecule has 3 heteroatoms. The van der Waals surface area contributed by atoms with Gasteiger partial charge in [-0.15, -0.1) is 0 Å². The van der Waals surface area contributed by atoms with E-state index in [4.69, 9.17) is 0 Å². The second-order valence-electron chi connectivity index (χ2n) is 8.97. The van der Waals surface area contributed by atoms with E-state index in [1.54, 1.807) is 6.08 Å². The number of hydrogen-bond acceptors (Lipinski definition) is 2. The lowest BCUT2D eigenvalue weighted by molar-refractivity contribution is -0.270. The zero-order chi connectivity index (χ0) is 15.8. The monoisotopic (exact) mass is 368 g/mol. The van der Waals surface area contributed by atoms with Crippen molar-refractivity contribution >= 4 is 15.9 Å². The van der Waals surface area contributed by atoms with Crippen LogP contribution in [0.1, 0.15) is 58.8 Å². The van der Waals surface area contributed by atoms with Crippen LogP contribution < -0.4 is 0 Å². The predicted octanol–water partition coefficient (Wildman–Crippen LogP) is 4.25. The summed E-state index contributed by atoms with van der Waals surface area (Å²) in [6, 6.07) is 0. The van der Waals surface area contributed by atoms with Crippen LogP contribution in [0.2, 0.25) is 0 Å². The molecule has 0 aromatic rings. The molecule has 2 N–H and O–H groups in total. The number of alkyl halides is 1. The Labute approximate surface area is 142 Å². The Balaban J connectivity index is 1.77. The van der Waals surface area contributed by atoms with Crippen molar-refractivity contribution in [2.75, 3.05) is 0 Å². The fraction of sp³-hybridized carbons (Fsp3) is 0.895. The molecule has 22 heavy (non-hydrogen) atoms. The van der Waals surface area contributed by atoms with E-state index in [0.29, 0.717) is 28.0 Å². The molecule has 0 aromatic carbocycles. The van der Waals surface area contributed by atoms with Crippen molar-refractivity contribution in [3.8, 4) is 0 Å². The summed E-state index contributed by atoms with van der Waals surface area (Å²) in [4.78, 5) is 0.542. The van der Waals surface area contributed by atoms with Gasteiger partial charge < -0.3 is 10.2 Å². The van der Waals surface area contributed by atoms with E-state index in [-0.39, 0.29) is 5.41 Å². The Hall–Kier alpha value is 0.140. The van der Waals surface area contributed by atoms with Crippen LogP contribution in [0.15, 0.2) is 12.2 Å². The molecule has 4 aliphatic rings. The van der Waals surface area contributed by atoms with Gasteiger partial charge in [0.1, 0.15) is 0 Å². The van der Waals surface area contributed by atoms with Crippen molar-refractivity contribution in [3.63, 3.8) is 0 Å². The number of aliphatic hydroxyl groups is 2. The Morgan fingerprint density at radius 1 is 1.09 bits per heavy atom. The summed E-state index contributed by atoms with van der Waals surface area (Å²) < 4.78 is 0. The summed E-state index contributed by atoms with van der Waals surface area (Å²) in [5.41, 5.74) is 0.106. The van der Waals surface area contributed by atoms with Crippen LogP contribution in [-0.2, 0) is 0 Å². The van der Waals surface area contributed by atoms with Gasteiger partial charge in [-0.2, -0.15) is 0 Å². The van der Waals surface area contributed by atoms with Crippen molar-refractivity contribution in [1.29, 1.82) is 0 Å². The van der Waals surface area contributed by atoms with E-state index in [1.165, 1.54) is 25.7 Å². The van der Waals surface area contributed by atoms with Crippen LogP contribution in [0.3, 0.4) is 0 Å². The first-order valence-electron chi connectivity index (χ1n) is 9.06. The number of allylic oxidation sites excluding steroid dienone is 1. The molecule has 2 unspecified atom stereocenters. The minimum atomic E-state index is -1.64. The number of fused-ring (bicyclic) bond motifs is 5. The first kappa shape index (κ1) is 15.7. The molecular formula is C19H29BrO2. The van der Waals surface area contributed by atoms with E-state index < -0.39 is 5.79 Å². The average molecular weight is 369 g/mol. The van der Waals surface area contributed by atoms with Gasteiger partial charge in [-0.1, -0.05) is 42.3 Å². The second-order valence-corrected chi connectivity index (χ2v) is 10.1. The van der Waals surface area contributed by atoms with Crippen LogP contribution in [-0.4, -0.2) is 20.8 Å². The Morgan fingerprint density at radius 3 is 2.64 bits per heavy atom. The molecule has 4 aliphatic carbocycles. The molecule has 4 rings (SSSR count). The summed E-state index contributed by atoms with van der Waals surface area (Å²) in [6.07, 6.45) is 12.2. The maximum atomic E-state index is 10.8. The molecule has 0 saturated heterocycles. The molecule has 0 amide bonds. The van der Waals surface area contributed by atoms with Gasteiger partial charge in [-0.05, 0) is 73.7 Å². The van der Waals surface area contributed by atoms with Crippen molar-refractivity contribution in [1.82, 2.24) is 0 Å². The third-order valence-electron chi connectivity index (χ3n) is 8.22. The van der Waals surface area contributed by atoms with E-state index in [1.807, 2.05) is 6.08 Å². The summed E-state index contributed by atoms with van der Waals surface area (Å²) in [5, 5.41) is 21.6. The lowest BCUT2D eigenvalue weighted by Crippen LogP contribution is -2.64. The number of rotatable bonds is 0. The number of hydrogen-bond donors (Lipinski definition) is 2. The molecule has 3 saturated carbocycles. The van der Waals surface area contributed by atoms with Crippen LogP contribution >= 0.6 is 15.9 Å². The highest BCUT2D eigenvalue weighted by Crippen LogP contribution is 2.67. The maximum absolute atomic E-state index is 10.8. The van der Waals surface area contributed by atoms with E-state index in [9.17, 15) is 10.2 Å². The molecule has 0 spiro atoms. The number of halogens is 1. The highest BCUT2D eigenvalue weighted by Gasteiger charge is 2.65. The van der Waals surface area contributed by atoms with E-state index in [0.717, 1.165) is 25.2 Å². The molecule has 2 nitrogen and oxygen atoms in total. The Bertz CT molecular complexity index is 502. The molecule has 124 valence electrons. The first-order valence-corrected chi connectivity index (χ1v) is 9.98. The topological polar surface area (TPSA) is 40.5 Å². The van der Waals surface area contributed by atoms with Gasteiger partial charge in [-0.3, -0.25) is 0 Å². The van der Waals surface area contributed by atoms with Gasteiger partial charge in [0.05, 0.1) is 0 Å². The van der Waals surface area contributed by atoms with Gasteiger partial charge in [0.15, 0.2) is 5.79 Å². The summed E-state index contributed by atoms with van der Waals surface area (Å²) in [6.45, 7) is 4.65. The summed E-state index contributed by atoms with van der Waals surface area (Å²) in [7, 11) is 0. The molecular weight excluding hydrogens is 340 g/mol. The van der Waals surface area contributed by atoms with E-state index >= 15 is 0 Å². The minimum Gasteiger partial charge on any atom is -0.362 e. The van der Waals surface area contributed by atoms with Gasteiger partial charge in [0.2, 0.25) is 0 Å². The highest BCUT2D eigenvalue weighted by atomic mass is 79.9. The van der Waals surface area contributed by atoms with E-state index in [2.05, 4.69) is 29.8 Å². The summed E-state index contributed by atoms with van der Waals surface area (Å²) >= 11 is 4.03. The van der Waals surface area contributed by atoms with Crippen LogP contribution in [0, 0.1) is 34.5 Å². The predicted molar refractivity (Wildman–Crippen MR) is 91.5 cm³/mol. The van der Waals surface area contributed by atoms with Crippen LogP contribution in [0.5, 0.6) is 0 Å². The quantitative estimate of drug-likeness (QED) is 0.381. The Kier molecular flexibility index (Phi) is 3.44. The second kappa shape index (κ2) is 4.83. The van der Waals surface area contributed by atoms with Gasteiger partial charge >= 0.3 is 0 Å². The molecule has 7 atom stereocenters. The Morgan fingerprint density at radius 2 is 1.86 bits per heavy atom. The summed E-state index contributed by atoms with van der Waals surface area (Å²) in [5.74, 6) is 0.525. The SMILES string of the molecule is C[C@@]12CCC[C@H]1[C@@H]1C(Br)CC3CC=CC(O)(O)[C@]3(C)[C@H]1CC2. The fourth-order valence-electron chi connectivity index (χ4n) is 6.86. The van der Waals surface area contributed by atoms with Gasteiger partial charge in [0, 0.05) is 10.2 Å². The zero-order valence-electron chi connectivity index (χ0n) is 13.8. The zero-order valence-corrected chi connectivity index (χ0v) is 15.3. The molecule has 0 aliphatic heterocycles. The maximum Gasteiger partial charge on any atom is 0.188 e. The van der Waals surface area contributed by atoms with Crippen molar-refractivity contribution in [3.05, 3.63) is 12.2 Å². The molecule has 0 bridgehead atoms. The van der Waals surface area contributed by atoms with Crippen LogP contribution in [0.4, 0.5) is 0 Å². The smallest absolute Gasteiger partial charge is 0.188 e. The van der Waals surface area contributed by atoms with Crippen LogP contribution in [0.25, 0.3) is 0 Å². The normalized spacial score (nSPS) is 56.1. The molecule has 0 aromatic heterocycles. The standard InChI is InChI=1S/C19H29BrO2/c1-17-8-4-6-13(17)16-14(7-10-17)18(2)12(11-15(16)20)5-3-9-19(18,21)22/h3,9,12-16,21-22H,4-8,10-11H2,1-2H3/t12?,13-,14-,15?,16-,17-,18-/m0/s1. The fourth-order valence-corrected chi connectivity index (χ4v) is 8.04. The lowest BCUT2D eigenvalue weighted by atomic mass is 9.44. The van der Waals surface area contributed by atoms with Crippen molar-refractivity contribution in [2.45, 2.75) is 69.4 Å². The molecule has 3 fully saturated rings. The lowest BCUT2D eigenvalue weighted by Gasteiger charge is -2.63. The molecule has 0 heterocycles. The first-order chi connectivity index (χ1) is 10.3. The molecule has 0 radical (unpaired) electrons. The minimum absolute atomic E-state index is 0.379. The highest BCUT2D eigenvalue weighted by molar-refractivity contribution is 9.09. The van der Waals surface area contributed by atoms with Gasteiger partial charge in [-0.25, -0.2) is 0 Å². The largest absolute Gasteiger partial charge is 0.362 e. The van der Waals surface area contributed by atoms with Gasteiger partial charge in [0.25, 0.3) is 0 Å².